The van der Waals surface area contributed by atoms with Gasteiger partial charge < -0.3 is 10.3 Å². The van der Waals surface area contributed by atoms with Crippen molar-refractivity contribution in [3.05, 3.63) is 11.6 Å². The lowest BCUT2D eigenvalue weighted by Crippen LogP contribution is -2.25. The third-order valence-corrected chi connectivity index (χ3v) is 2.99. The highest BCUT2D eigenvalue weighted by Gasteiger charge is 2.15. The van der Waals surface area contributed by atoms with E-state index in [1.807, 2.05) is 0 Å². The van der Waals surface area contributed by atoms with Gasteiger partial charge in [0.15, 0.2) is 11.5 Å². The molecule has 17 heavy (non-hydrogen) atoms. The SMILES string of the molecule is CCC(Nc1nc(Cl)nc2nc[nH]c12)C(C)C. The van der Waals surface area contributed by atoms with Crippen molar-refractivity contribution in [3.8, 4) is 0 Å². The number of nitrogens with zero attached hydrogens (tertiary/aromatic N) is 3. The van der Waals surface area contributed by atoms with Gasteiger partial charge in [0.2, 0.25) is 5.28 Å². The fraction of sp³-hybridized carbons (Fsp3) is 0.545. The lowest BCUT2D eigenvalue weighted by Gasteiger charge is -2.21. The molecular weight excluding hydrogens is 238 g/mol. The van der Waals surface area contributed by atoms with Crippen LogP contribution in [-0.4, -0.2) is 26.0 Å². The summed E-state index contributed by atoms with van der Waals surface area (Å²) in [7, 11) is 0. The molecular formula is C11H16ClN5. The van der Waals surface area contributed by atoms with Gasteiger partial charge in [-0.05, 0) is 23.9 Å². The zero-order chi connectivity index (χ0) is 12.4. The molecule has 0 aliphatic heterocycles. The van der Waals surface area contributed by atoms with E-state index in [1.165, 1.54) is 0 Å². The van der Waals surface area contributed by atoms with Gasteiger partial charge >= 0.3 is 0 Å². The third-order valence-electron chi connectivity index (χ3n) is 2.83. The first-order chi connectivity index (χ1) is 8.11. The molecule has 0 aliphatic carbocycles. The third kappa shape index (κ3) is 2.49. The second kappa shape index (κ2) is 4.87. The molecule has 0 bridgehead atoms. The zero-order valence-electron chi connectivity index (χ0n) is 10.2. The maximum atomic E-state index is 5.87. The van der Waals surface area contributed by atoms with Crippen molar-refractivity contribution in [1.29, 1.82) is 0 Å². The molecule has 0 saturated heterocycles. The van der Waals surface area contributed by atoms with Gasteiger partial charge in [0, 0.05) is 6.04 Å². The normalized spacial score (nSPS) is 13.2. The van der Waals surface area contributed by atoms with Gasteiger partial charge in [-0.1, -0.05) is 20.8 Å². The van der Waals surface area contributed by atoms with E-state index in [1.54, 1.807) is 6.33 Å². The number of nitrogens with one attached hydrogen (secondary N) is 2. The fourth-order valence-corrected chi connectivity index (χ4v) is 1.99. The number of hydrogen-bond donors (Lipinski definition) is 2. The molecule has 0 saturated carbocycles. The van der Waals surface area contributed by atoms with Crippen LogP contribution < -0.4 is 5.32 Å². The predicted molar refractivity (Wildman–Crippen MR) is 69.2 cm³/mol. The molecule has 5 nitrogen and oxygen atoms in total. The van der Waals surface area contributed by atoms with E-state index in [0.29, 0.717) is 17.6 Å². The summed E-state index contributed by atoms with van der Waals surface area (Å²) in [5, 5.41) is 3.60. The lowest BCUT2D eigenvalue weighted by atomic mass is 10.0. The zero-order valence-corrected chi connectivity index (χ0v) is 10.9. The van der Waals surface area contributed by atoms with E-state index >= 15 is 0 Å². The minimum atomic E-state index is 0.214. The van der Waals surface area contributed by atoms with E-state index in [4.69, 9.17) is 11.6 Å². The van der Waals surface area contributed by atoms with E-state index in [-0.39, 0.29) is 5.28 Å². The molecule has 2 rings (SSSR count). The van der Waals surface area contributed by atoms with Crippen molar-refractivity contribution < 1.29 is 0 Å². The summed E-state index contributed by atoms with van der Waals surface area (Å²) in [4.78, 5) is 15.4. The molecule has 2 aromatic rings. The number of halogens is 1. The lowest BCUT2D eigenvalue weighted by molar-refractivity contribution is 0.510. The molecule has 0 radical (unpaired) electrons. The summed E-state index contributed by atoms with van der Waals surface area (Å²) >= 11 is 5.87. The highest BCUT2D eigenvalue weighted by atomic mass is 35.5. The van der Waals surface area contributed by atoms with Crippen molar-refractivity contribution in [2.24, 2.45) is 5.92 Å². The van der Waals surface area contributed by atoms with Crippen molar-refractivity contribution in [2.45, 2.75) is 33.2 Å². The Bertz CT molecular complexity index is 508. The Balaban J connectivity index is 2.37. The summed E-state index contributed by atoms with van der Waals surface area (Å²) in [6, 6.07) is 0.354. The molecule has 0 fully saturated rings. The number of aromatic amines is 1. The van der Waals surface area contributed by atoms with Gasteiger partial charge in [-0.3, -0.25) is 0 Å². The van der Waals surface area contributed by atoms with Gasteiger partial charge in [0.1, 0.15) is 5.52 Å². The minimum Gasteiger partial charge on any atom is -0.365 e. The van der Waals surface area contributed by atoms with E-state index in [0.717, 1.165) is 17.8 Å². The van der Waals surface area contributed by atoms with Gasteiger partial charge in [-0.15, -0.1) is 0 Å². The van der Waals surface area contributed by atoms with Crippen molar-refractivity contribution in [1.82, 2.24) is 19.9 Å². The predicted octanol–water partition coefficient (Wildman–Crippen LogP) is 2.85. The fourth-order valence-electron chi connectivity index (χ4n) is 1.83. The van der Waals surface area contributed by atoms with Crippen LogP contribution in [0.3, 0.4) is 0 Å². The van der Waals surface area contributed by atoms with Crippen LogP contribution in [0.2, 0.25) is 5.28 Å². The van der Waals surface area contributed by atoms with Gasteiger partial charge in [0.05, 0.1) is 6.33 Å². The smallest absolute Gasteiger partial charge is 0.226 e. The molecule has 0 spiro atoms. The Morgan fingerprint density at radius 1 is 1.41 bits per heavy atom. The monoisotopic (exact) mass is 253 g/mol. The van der Waals surface area contributed by atoms with Crippen LogP contribution in [0.25, 0.3) is 11.2 Å². The van der Waals surface area contributed by atoms with E-state index in [9.17, 15) is 0 Å². The molecule has 92 valence electrons. The molecule has 2 heterocycles. The first-order valence-corrected chi connectivity index (χ1v) is 6.12. The molecule has 2 N–H and O–H groups in total. The summed E-state index contributed by atoms with van der Waals surface area (Å²) in [6.07, 6.45) is 2.62. The maximum absolute atomic E-state index is 5.87. The van der Waals surface area contributed by atoms with Crippen LogP contribution in [0.5, 0.6) is 0 Å². The van der Waals surface area contributed by atoms with Crippen LogP contribution in [0.15, 0.2) is 6.33 Å². The van der Waals surface area contributed by atoms with E-state index < -0.39 is 0 Å². The summed E-state index contributed by atoms with van der Waals surface area (Å²) < 4.78 is 0. The highest BCUT2D eigenvalue weighted by molar-refractivity contribution is 6.28. The average molecular weight is 254 g/mol. The van der Waals surface area contributed by atoms with Crippen molar-refractivity contribution in [3.63, 3.8) is 0 Å². The standard InChI is InChI=1S/C11H16ClN5/c1-4-7(6(2)3)15-10-8-9(14-5-13-8)16-11(12)17-10/h5-7H,4H2,1-3H3,(H2,13,14,15,16,17). The average Bonchev–Trinajstić information content (AvgIpc) is 2.72. The Kier molecular flexibility index (Phi) is 3.47. The summed E-state index contributed by atoms with van der Waals surface area (Å²) in [5.74, 6) is 1.24. The molecule has 1 atom stereocenters. The molecule has 2 aromatic heterocycles. The largest absolute Gasteiger partial charge is 0.365 e. The minimum absolute atomic E-state index is 0.214. The summed E-state index contributed by atoms with van der Waals surface area (Å²) in [5.41, 5.74) is 1.39. The number of aromatic nitrogens is 4. The Hall–Kier alpha value is -1.36. The van der Waals surface area contributed by atoms with Crippen LogP contribution in [0.1, 0.15) is 27.2 Å². The highest BCUT2D eigenvalue weighted by Crippen LogP contribution is 2.21. The second-order valence-electron chi connectivity index (χ2n) is 4.35. The maximum Gasteiger partial charge on any atom is 0.226 e. The molecule has 0 amide bonds. The van der Waals surface area contributed by atoms with Gasteiger partial charge in [0.25, 0.3) is 0 Å². The first-order valence-electron chi connectivity index (χ1n) is 5.75. The Morgan fingerprint density at radius 2 is 2.18 bits per heavy atom. The van der Waals surface area contributed by atoms with Crippen LogP contribution in [0.4, 0.5) is 5.82 Å². The van der Waals surface area contributed by atoms with E-state index in [2.05, 4.69) is 46.0 Å². The number of hydrogen-bond acceptors (Lipinski definition) is 4. The summed E-state index contributed by atoms with van der Waals surface area (Å²) in [6.45, 7) is 6.49. The Labute approximate surface area is 105 Å². The quantitative estimate of drug-likeness (QED) is 0.823. The van der Waals surface area contributed by atoms with Crippen LogP contribution >= 0.6 is 11.6 Å². The Morgan fingerprint density at radius 3 is 2.82 bits per heavy atom. The number of rotatable bonds is 4. The number of imidazole rings is 1. The van der Waals surface area contributed by atoms with Crippen molar-refractivity contribution in [2.75, 3.05) is 5.32 Å². The number of fused-ring (bicyclic) bond motifs is 1. The first kappa shape index (κ1) is 12.1. The number of anilines is 1. The van der Waals surface area contributed by atoms with Crippen LogP contribution in [-0.2, 0) is 0 Å². The van der Waals surface area contributed by atoms with Gasteiger partial charge in [-0.2, -0.15) is 9.97 Å². The van der Waals surface area contributed by atoms with Crippen LogP contribution in [0, 0.1) is 5.92 Å². The second-order valence-corrected chi connectivity index (χ2v) is 4.68. The topological polar surface area (TPSA) is 66.5 Å². The molecule has 0 aliphatic rings. The van der Waals surface area contributed by atoms with Crippen molar-refractivity contribution >= 4 is 28.6 Å². The molecule has 0 aromatic carbocycles. The molecule has 6 heteroatoms. The molecule has 1 unspecified atom stereocenters. The van der Waals surface area contributed by atoms with Gasteiger partial charge in [-0.25, -0.2) is 4.98 Å². The number of H-pyrrole nitrogens is 1.